The standard InChI is InChI=1S/C27H29N7O3S/c1-17-26(35)34(22-9-5-6-18(12-22)14-28)24-15-29-27(31-25(24)33(17)21-7-3-2-4-8-21)30-20-10-11-23-19(13-20)16-38(36,37)32-23/h5-6,9-13,15,17,21,32,36-37H,2-4,7-8,16H2,1H3,(H,29,30,31)/t17-/m1/s1. The van der Waals surface area contributed by atoms with Crippen LogP contribution >= 0.6 is 10.8 Å². The summed E-state index contributed by atoms with van der Waals surface area (Å²) in [5.74, 6) is 1.14. The third kappa shape index (κ3) is 4.41. The van der Waals surface area contributed by atoms with Crippen molar-refractivity contribution in [2.45, 2.75) is 56.9 Å². The largest absolute Gasteiger partial charge is 0.340 e. The first-order valence-corrected chi connectivity index (χ1v) is 14.5. The van der Waals surface area contributed by atoms with Crippen LogP contribution in [0.2, 0.25) is 0 Å². The van der Waals surface area contributed by atoms with Crippen LogP contribution in [-0.2, 0) is 10.5 Å². The summed E-state index contributed by atoms with van der Waals surface area (Å²) in [5.41, 5.74) is 3.91. The number of carbonyl (C=O) groups excluding carboxylic acids is 1. The molecule has 3 heterocycles. The number of nitrogens with one attached hydrogen (secondary N) is 2. The summed E-state index contributed by atoms with van der Waals surface area (Å²) < 4.78 is 22.8. The molecule has 1 saturated carbocycles. The van der Waals surface area contributed by atoms with Gasteiger partial charge in [0, 0.05) is 11.7 Å². The van der Waals surface area contributed by atoms with Gasteiger partial charge >= 0.3 is 0 Å². The molecule has 3 aliphatic rings. The van der Waals surface area contributed by atoms with Gasteiger partial charge in [0.25, 0.3) is 5.91 Å². The van der Waals surface area contributed by atoms with Gasteiger partial charge in [0.05, 0.1) is 35.0 Å². The molecule has 1 aromatic heterocycles. The highest BCUT2D eigenvalue weighted by molar-refractivity contribution is 8.25. The highest BCUT2D eigenvalue weighted by atomic mass is 32.3. The molecule has 10 nitrogen and oxygen atoms in total. The zero-order valence-corrected chi connectivity index (χ0v) is 21.8. The molecule has 4 N–H and O–H groups in total. The number of aromatic nitrogens is 2. The van der Waals surface area contributed by atoms with Crippen molar-refractivity contribution in [2.75, 3.05) is 19.8 Å². The van der Waals surface area contributed by atoms with Crippen molar-refractivity contribution in [3.05, 3.63) is 59.8 Å². The molecule has 1 aliphatic carbocycles. The monoisotopic (exact) mass is 531 g/mol. The normalized spacial score (nSPS) is 21.2. The predicted molar refractivity (Wildman–Crippen MR) is 149 cm³/mol. The number of hydrogen-bond donors (Lipinski definition) is 4. The maximum absolute atomic E-state index is 13.8. The number of carbonyl (C=O) groups is 1. The van der Waals surface area contributed by atoms with Gasteiger partial charge in [-0.15, -0.1) is 10.8 Å². The number of rotatable bonds is 4. The van der Waals surface area contributed by atoms with Crippen molar-refractivity contribution in [3.63, 3.8) is 0 Å². The minimum Gasteiger partial charge on any atom is -0.340 e. The Labute approximate surface area is 222 Å². The quantitative estimate of drug-likeness (QED) is 0.325. The Morgan fingerprint density at radius 2 is 1.97 bits per heavy atom. The van der Waals surface area contributed by atoms with Crippen molar-refractivity contribution in [3.8, 4) is 6.07 Å². The van der Waals surface area contributed by atoms with E-state index in [-0.39, 0.29) is 17.7 Å². The molecular weight excluding hydrogens is 502 g/mol. The van der Waals surface area contributed by atoms with Gasteiger partial charge in [-0.1, -0.05) is 25.3 Å². The number of nitrogens with zero attached hydrogens (tertiary/aromatic N) is 5. The molecule has 1 amide bonds. The molecule has 11 heteroatoms. The maximum atomic E-state index is 13.8. The van der Waals surface area contributed by atoms with Gasteiger partial charge in [-0.25, -0.2) is 4.98 Å². The zero-order chi connectivity index (χ0) is 26.4. The van der Waals surface area contributed by atoms with Crippen LogP contribution < -0.4 is 19.8 Å². The van der Waals surface area contributed by atoms with E-state index >= 15 is 0 Å². The Balaban J connectivity index is 1.40. The fraction of sp³-hybridized carbons (Fsp3) is 0.333. The highest BCUT2D eigenvalue weighted by Gasteiger charge is 2.41. The summed E-state index contributed by atoms with van der Waals surface area (Å²) in [6.07, 6.45) is 7.08. The number of hydrogen-bond acceptors (Lipinski definition) is 9. The van der Waals surface area contributed by atoms with E-state index in [1.165, 1.54) is 6.42 Å². The van der Waals surface area contributed by atoms with E-state index in [0.717, 1.165) is 36.9 Å². The highest BCUT2D eigenvalue weighted by Crippen LogP contribution is 2.51. The van der Waals surface area contributed by atoms with Crippen LogP contribution in [0.1, 0.15) is 50.2 Å². The van der Waals surface area contributed by atoms with Gasteiger partial charge in [0.15, 0.2) is 5.82 Å². The molecule has 196 valence electrons. The van der Waals surface area contributed by atoms with Gasteiger partial charge in [0.2, 0.25) is 5.95 Å². The van der Waals surface area contributed by atoms with E-state index in [2.05, 4.69) is 26.0 Å². The van der Waals surface area contributed by atoms with Crippen molar-refractivity contribution in [1.82, 2.24) is 9.97 Å². The molecule has 0 saturated heterocycles. The smallest absolute Gasteiger partial charge is 0.254 e. The summed E-state index contributed by atoms with van der Waals surface area (Å²) >= 11 is 0. The third-order valence-electron chi connectivity index (χ3n) is 7.42. The average Bonchev–Trinajstić information content (AvgIpc) is 3.23. The molecule has 0 spiro atoms. The summed E-state index contributed by atoms with van der Waals surface area (Å²) in [6.45, 7) is 1.92. The lowest BCUT2D eigenvalue weighted by Crippen LogP contribution is -2.55. The first-order valence-electron chi connectivity index (χ1n) is 12.8. The Kier molecular flexibility index (Phi) is 6.10. The fourth-order valence-corrected chi connectivity index (χ4v) is 6.96. The predicted octanol–water partition coefficient (Wildman–Crippen LogP) is 5.89. The number of amides is 1. The lowest BCUT2D eigenvalue weighted by molar-refractivity contribution is -0.119. The molecule has 0 bridgehead atoms. The Bertz CT molecular complexity index is 1450. The molecule has 6 rings (SSSR count). The second-order valence-electron chi connectivity index (χ2n) is 10.0. The van der Waals surface area contributed by atoms with Crippen LogP contribution in [0.4, 0.5) is 34.5 Å². The Morgan fingerprint density at radius 1 is 1.16 bits per heavy atom. The number of benzene rings is 2. The van der Waals surface area contributed by atoms with Gasteiger partial charge in [0.1, 0.15) is 11.7 Å². The maximum Gasteiger partial charge on any atom is 0.254 e. The van der Waals surface area contributed by atoms with Crippen molar-refractivity contribution in [2.24, 2.45) is 0 Å². The summed E-state index contributed by atoms with van der Waals surface area (Å²) in [4.78, 5) is 27.0. The summed E-state index contributed by atoms with van der Waals surface area (Å²) in [5, 5.41) is 12.7. The molecule has 0 unspecified atom stereocenters. The summed E-state index contributed by atoms with van der Waals surface area (Å²) in [7, 11) is -2.85. The van der Waals surface area contributed by atoms with Crippen LogP contribution in [-0.4, -0.2) is 37.1 Å². The lowest BCUT2D eigenvalue weighted by Gasteiger charge is -2.45. The van der Waals surface area contributed by atoms with Crippen LogP contribution in [0, 0.1) is 11.3 Å². The first-order chi connectivity index (χ1) is 18.3. The number of fused-ring (bicyclic) bond motifs is 2. The van der Waals surface area contributed by atoms with Gasteiger partial charge < -0.3 is 10.2 Å². The van der Waals surface area contributed by atoms with E-state index in [9.17, 15) is 19.2 Å². The van der Waals surface area contributed by atoms with Gasteiger partial charge in [-0.3, -0.25) is 23.5 Å². The minimum absolute atomic E-state index is 0.0763. The molecule has 3 aromatic rings. The topological polar surface area (TPSA) is 138 Å². The average molecular weight is 532 g/mol. The van der Waals surface area contributed by atoms with Crippen LogP contribution in [0.15, 0.2) is 48.7 Å². The molecule has 2 aromatic carbocycles. The van der Waals surface area contributed by atoms with Crippen LogP contribution in [0.25, 0.3) is 0 Å². The number of nitriles is 1. The van der Waals surface area contributed by atoms with Gasteiger partial charge in [-0.05, 0) is 61.7 Å². The van der Waals surface area contributed by atoms with Gasteiger partial charge in [-0.2, -0.15) is 10.2 Å². The molecule has 2 aliphatic heterocycles. The SMILES string of the molecule is C[C@@H]1C(=O)N(c2cccc(C#N)c2)c2cnc(Nc3ccc4c(c3)CS(O)(O)N4)nc2N1C1CCCCC1. The molecular formula is C27H29N7O3S. The van der Waals surface area contributed by atoms with Crippen LogP contribution in [0.3, 0.4) is 0 Å². The van der Waals surface area contributed by atoms with E-state index in [4.69, 9.17) is 4.98 Å². The van der Waals surface area contributed by atoms with Crippen LogP contribution in [0.5, 0.6) is 0 Å². The fourth-order valence-electron chi connectivity index (χ4n) is 5.66. The second-order valence-corrected chi connectivity index (χ2v) is 11.8. The molecule has 1 atom stereocenters. The summed E-state index contributed by atoms with van der Waals surface area (Å²) in [6, 6.07) is 14.4. The number of anilines is 6. The third-order valence-corrected chi connectivity index (χ3v) is 8.68. The van der Waals surface area contributed by atoms with Crippen molar-refractivity contribution < 1.29 is 13.9 Å². The van der Waals surface area contributed by atoms with E-state index in [1.807, 2.05) is 25.1 Å². The van der Waals surface area contributed by atoms with E-state index in [1.54, 1.807) is 35.4 Å². The van der Waals surface area contributed by atoms with E-state index in [0.29, 0.717) is 34.4 Å². The molecule has 0 radical (unpaired) electrons. The molecule has 1 fully saturated rings. The Hall–Kier alpha value is -3.85. The second kappa shape index (κ2) is 9.47. The first kappa shape index (κ1) is 24.5. The van der Waals surface area contributed by atoms with Crippen molar-refractivity contribution in [1.29, 1.82) is 5.26 Å². The molecule has 38 heavy (non-hydrogen) atoms. The Morgan fingerprint density at radius 3 is 2.76 bits per heavy atom. The minimum atomic E-state index is -2.85. The van der Waals surface area contributed by atoms with Crippen molar-refractivity contribution >= 4 is 51.2 Å². The lowest BCUT2D eigenvalue weighted by atomic mass is 9.92. The van der Waals surface area contributed by atoms with E-state index < -0.39 is 16.8 Å². The zero-order valence-electron chi connectivity index (χ0n) is 21.0.